The molecule has 152 valence electrons. The number of sulfonamides is 1. The molecule has 1 N–H and O–H groups in total. The Bertz CT molecular complexity index is 879. The molecule has 2 saturated heterocycles. The third kappa shape index (κ3) is 4.02. The van der Waals surface area contributed by atoms with Gasteiger partial charge < -0.3 is 10.1 Å². The molecule has 1 atom stereocenters. The van der Waals surface area contributed by atoms with E-state index in [2.05, 4.69) is 5.32 Å². The molecule has 0 saturated carbocycles. The van der Waals surface area contributed by atoms with Crippen molar-refractivity contribution in [1.82, 2.24) is 14.5 Å². The summed E-state index contributed by atoms with van der Waals surface area (Å²) in [6.07, 6.45) is 1.30. The van der Waals surface area contributed by atoms with Crippen LogP contribution in [0.3, 0.4) is 0 Å². The number of urea groups is 1. The van der Waals surface area contributed by atoms with Crippen molar-refractivity contribution in [3.05, 3.63) is 29.8 Å². The van der Waals surface area contributed by atoms with Crippen LogP contribution in [0.15, 0.2) is 29.2 Å². The van der Waals surface area contributed by atoms with Gasteiger partial charge in [-0.3, -0.25) is 9.69 Å². The first-order valence-electron chi connectivity index (χ1n) is 9.22. The van der Waals surface area contributed by atoms with Gasteiger partial charge in [0.1, 0.15) is 0 Å². The van der Waals surface area contributed by atoms with Crippen LogP contribution in [0.1, 0.15) is 36.5 Å². The first-order chi connectivity index (χ1) is 13.3. The number of rotatable bonds is 5. The van der Waals surface area contributed by atoms with Crippen molar-refractivity contribution < 1.29 is 27.5 Å². The maximum atomic E-state index is 13.0. The lowest BCUT2D eigenvalue weighted by atomic mass is 10.2. The Kier molecular flexibility index (Phi) is 5.99. The molecule has 2 heterocycles. The predicted molar refractivity (Wildman–Crippen MR) is 99.0 cm³/mol. The largest absolute Gasteiger partial charge is 0.449 e. The molecule has 3 amide bonds. The van der Waals surface area contributed by atoms with E-state index < -0.39 is 34.0 Å². The number of ether oxygens (including phenoxy) is 1. The van der Waals surface area contributed by atoms with Gasteiger partial charge in [-0.25, -0.2) is 18.0 Å². The van der Waals surface area contributed by atoms with Crippen LogP contribution in [0, 0.1) is 0 Å². The number of imide groups is 1. The number of hydrogen-bond acceptors (Lipinski definition) is 6. The Hall–Kier alpha value is -2.46. The molecular formula is C18H23N3O6S. The van der Waals surface area contributed by atoms with Crippen molar-refractivity contribution in [3.63, 3.8) is 0 Å². The van der Waals surface area contributed by atoms with Gasteiger partial charge in [0.2, 0.25) is 10.0 Å². The second kappa shape index (κ2) is 8.27. The van der Waals surface area contributed by atoms with Crippen molar-refractivity contribution in [1.29, 1.82) is 0 Å². The summed E-state index contributed by atoms with van der Waals surface area (Å²) in [7, 11) is -3.85. The fourth-order valence-electron chi connectivity index (χ4n) is 3.28. The van der Waals surface area contributed by atoms with Crippen LogP contribution in [-0.2, 0) is 19.6 Å². The van der Waals surface area contributed by atoms with E-state index in [9.17, 15) is 22.8 Å². The van der Waals surface area contributed by atoms with Crippen molar-refractivity contribution in [2.24, 2.45) is 0 Å². The Balaban J connectivity index is 1.79. The van der Waals surface area contributed by atoms with Gasteiger partial charge in [0.25, 0.3) is 5.91 Å². The molecule has 0 radical (unpaired) electrons. The summed E-state index contributed by atoms with van der Waals surface area (Å²) in [5.41, 5.74) is -0.126. The van der Waals surface area contributed by atoms with Crippen LogP contribution in [0.2, 0.25) is 0 Å². The highest BCUT2D eigenvalue weighted by molar-refractivity contribution is 7.89. The molecule has 2 fully saturated rings. The minimum atomic E-state index is -3.85. The van der Waals surface area contributed by atoms with E-state index >= 15 is 0 Å². The molecule has 1 aromatic carbocycles. The summed E-state index contributed by atoms with van der Waals surface area (Å²) in [6, 6.07) is 5.25. The van der Waals surface area contributed by atoms with E-state index in [4.69, 9.17) is 4.74 Å². The highest BCUT2D eigenvalue weighted by Gasteiger charge is 2.34. The maximum Gasteiger partial charge on any atom is 0.340 e. The van der Waals surface area contributed by atoms with E-state index in [1.807, 2.05) is 0 Å². The minimum Gasteiger partial charge on any atom is -0.449 e. The minimum absolute atomic E-state index is 0.126. The molecule has 3 rings (SSSR count). The predicted octanol–water partition coefficient (Wildman–Crippen LogP) is 0.958. The highest BCUT2D eigenvalue weighted by atomic mass is 32.2. The second-order valence-electron chi connectivity index (χ2n) is 6.73. The molecular weight excluding hydrogens is 386 g/mol. The molecule has 1 aromatic rings. The Morgan fingerprint density at radius 2 is 1.79 bits per heavy atom. The molecule has 10 heteroatoms. The number of nitrogens with one attached hydrogen (secondary N) is 1. The molecule has 0 spiro atoms. The average molecular weight is 409 g/mol. The number of piperidine rings is 1. The van der Waals surface area contributed by atoms with Crippen molar-refractivity contribution in [2.45, 2.75) is 37.2 Å². The lowest BCUT2D eigenvalue weighted by Crippen LogP contribution is -2.42. The fraction of sp³-hybridized carbons (Fsp3) is 0.500. The van der Waals surface area contributed by atoms with E-state index in [1.165, 1.54) is 35.5 Å². The summed E-state index contributed by atoms with van der Waals surface area (Å²) in [4.78, 5) is 37.4. The molecule has 2 aliphatic rings. The third-order valence-electron chi connectivity index (χ3n) is 4.79. The van der Waals surface area contributed by atoms with Crippen LogP contribution in [-0.4, -0.2) is 67.8 Å². The summed E-state index contributed by atoms with van der Waals surface area (Å²) in [6.45, 7) is 2.70. The summed E-state index contributed by atoms with van der Waals surface area (Å²) in [5, 5.41) is 2.50. The molecule has 9 nitrogen and oxygen atoms in total. The monoisotopic (exact) mass is 409 g/mol. The van der Waals surface area contributed by atoms with E-state index in [-0.39, 0.29) is 17.0 Å². The zero-order chi connectivity index (χ0) is 20.3. The van der Waals surface area contributed by atoms with Crippen LogP contribution < -0.4 is 5.32 Å². The van der Waals surface area contributed by atoms with Gasteiger partial charge in [-0.1, -0.05) is 18.6 Å². The molecule has 0 unspecified atom stereocenters. The Morgan fingerprint density at radius 3 is 2.43 bits per heavy atom. The normalized spacial score (nSPS) is 19.2. The fourth-order valence-corrected chi connectivity index (χ4v) is 4.98. The molecule has 0 aliphatic carbocycles. The summed E-state index contributed by atoms with van der Waals surface area (Å²) >= 11 is 0. The number of hydrogen-bond donors (Lipinski definition) is 1. The van der Waals surface area contributed by atoms with Crippen LogP contribution >= 0.6 is 0 Å². The number of amides is 3. The molecule has 28 heavy (non-hydrogen) atoms. The van der Waals surface area contributed by atoms with Gasteiger partial charge in [-0.05, 0) is 31.9 Å². The van der Waals surface area contributed by atoms with Crippen molar-refractivity contribution in [2.75, 3.05) is 26.2 Å². The van der Waals surface area contributed by atoms with Gasteiger partial charge in [0.15, 0.2) is 6.10 Å². The van der Waals surface area contributed by atoms with Gasteiger partial charge in [0, 0.05) is 26.2 Å². The standard InChI is InChI=1S/C18H23N3O6S/c1-13(16(22)21-12-9-19-18(21)24)27-17(23)14-7-3-4-8-15(14)28(25,26)20-10-5-2-6-11-20/h3-4,7-8,13H,2,5-6,9-12H2,1H3,(H,19,24)/t13-/m0/s1. The van der Waals surface area contributed by atoms with E-state index in [0.717, 1.165) is 24.2 Å². The van der Waals surface area contributed by atoms with E-state index in [1.54, 1.807) is 0 Å². The summed E-state index contributed by atoms with van der Waals surface area (Å²) in [5.74, 6) is -1.57. The van der Waals surface area contributed by atoms with Gasteiger partial charge in [0.05, 0.1) is 10.5 Å². The molecule has 2 aliphatic heterocycles. The lowest BCUT2D eigenvalue weighted by Gasteiger charge is -2.26. The summed E-state index contributed by atoms with van der Waals surface area (Å²) < 4.78 is 32.5. The zero-order valence-corrected chi connectivity index (χ0v) is 16.4. The van der Waals surface area contributed by atoms with Crippen LogP contribution in [0.25, 0.3) is 0 Å². The second-order valence-corrected chi connectivity index (χ2v) is 8.64. The number of carbonyl (C=O) groups is 3. The Morgan fingerprint density at radius 1 is 1.11 bits per heavy atom. The van der Waals surface area contributed by atoms with Crippen LogP contribution in [0.4, 0.5) is 4.79 Å². The molecule has 0 aromatic heterocycles. The van der Waals surface area contributed by atoms with Gasteiger partial charge in [-0.2, -0.15) is 4.31 Å². The number of benzene rings is 1. The van der Waals surface area contributed by atoms with Gasteiger partial charge in [-0.15, -0.1) is 0 Å². The number of carbonyl (C=O) groups excluding carboxylic acids is 3. The van der Waals surface area contributed by atoms with Crippen molar-refractivity contribution in [3.8, 4) is 0 Å². The van der Waals surface area contributed by atoms with Gasteiger partial charge >= 0.3 is 12.0 Å². The Labute approximate surface area is 163 Å². The van der Waals surface area contributed by atoms with E-state index in [0.29, 0.717) is 19.6 Å². The topological polar surface area (TPSA) is 113 Å². The third-order valence-corrected chi connectivity index (χ3v) is 6.75. The van der Waals surface area contributed by atoms with Crippen molar-refractivity contribution >= 4 is 27.9 Å². The first kappa shape index (κ1) is 20.3. The smallest absolute Gasteiger partial charge is 0.340 e. The first-order valence-corrected chi connectivity index (χ1v) is 10.7. The molecule has 0 bridgehead atoms. The number of esters is 1. The lowest BCUT2D eigenvalue weighted by molar-refractivity contribution is -0.136. The SMILES string of the molecule is C[C@H](OC(=O)c1ccccc1S(=O)(=O)N1CCCCC1)C(=O)N1CCNC1=O. The number of nitrogens with zero attached hydrogens (tertiary/aromatic N) is 2. The van der Waals surface area contributed by atoms with Crippen LogP contribution in [0.5, 0.6) is 0 Å². The zero-order valence-electron chi connectivity index (χ0n) is 15.6. The highest BCUT2D eigenvalue weighted by Crippen LogP contribution is 2.24. The average Bonchev–Trinajstić information content (AvgIpc) is 3.13. The maximum absolute atomic E-state index is 13.0. The quantitative estimate of drug-likeness (QED) is 0.725.